The van der Waals surface area contributed by atoms with Gasteiger partial charge in [0.25, 0.3) is 0 Å². The highest BCUT2D eigenvalue weighted by atomic mass is 16.5. The Kier molecular flexibility index (Phi) is 6.62. The van der Waals surface area contributed by atoms with Crippen molar-refractivity contribution in [3.05, 3.63) is 29.8 Å². The van der Waals surface area contributed by atoms with Gasteiger partial charge in [-0.05, 0) is 64.6 Å². The van der Waals surface area contributed by atoms with E-state index in [1.54, 1.807) is 0 Å². The van der Waals surface area contributed by atoms with Crippen LogP contribution in [0, 0.1) is 5.92 Å². The lowest BCUT2D eigenvalue weighted by Crippen LogP contribution is -2.50. The maximum atomic E-state index is 6.70. The van der Waals surface area contributed by atoms with E-state index in [1.807, 2.05) is 0 Å². The predicted octanol–water partition coefficient (Wildman–Crippen LogP) is 5.48. The summed E-state index contributed by atoms with van der Waals surface area (Å²) in [6.07, 6.45) is 15.1. The number of rotatable bonds is 3. The quantitative estimate of drug-likeness (QED) is 0.686. The largest absolute Gasteiger partial charge is 0.486 e. The summed E-state index contributed by atoms with van der Waals surface area (Å²) in [5.74, 6) is 2.04. The van der Waals surface area contributed by atoms with E-state index in [4.69, 9.17) is 4.74 Å². The maximum absolute atomic E-state index is 6.70. The van der Waals surface area contributed by atoms with Crippen molar-refractivity contribution in [2.75, 3.05) is 27.2 Å². The van der Waals surface area contributed by atoms with Crippen LogP contribution in [-0.4, -0.2) is 48.6 Å². The van der Waals surface area contributed by atoms with E-state index in [1.165, 1.54) is 82.7 Å². The molecule has 0 N–H and O–H groups in total. The highest BCUT2D eigenvalue weighted by Gasteiger charge is 2.41. The number of para-hydroxylation sites is 1. The zero-order valence-corrected chi connectivity index (χ0v) is 18.2. The Morgan fingerprint density at radius 1 is 1.00 bits per heavy atom. The molecular weight excluding hydrogens is 344 g/mol. The molecular formula is C25H40N2O. The normalized spacial score (nSPS) is 30.3. The molecule has 0 amide bonds. The van der Waals surface area contributed by atoms with Crippen molar-refractivity contribution >= 4 is 0 Å². The van der Waals surface area contributed by atoms with Gasteiger partial charge in [-0.3, -0.25) is 4.90 Å². The molecule has 0 aromatic heterocycles. The van der Waals surface area contributed by atoms with Crippen molar-refractivity contribution in [3.8, 4) is 5.75 Å². The fraction of sp³-hybridized carbons (Fsp3) is 0.760. The molecule has 2 saturated carbocycles. The lowest BCUT2D eigenvalue weighted by molar-refractivity contribution is -0.0119. The van der Waals surface area contributed by atoms with E-state index < -0.39 is 0 Å². The zero-order valence-electron chi connectivity index (χ0n) is 18.2. The molecule has 0 saturated heterocycles. The zero-order chi connectivity index (χ0) is 19.4. The van der Waals surface area contributed by atoms with Crippen LogP contribution in [0.2, 0.25) is 0 Å². The van der Waals surface area contributed by atoms with Crippen LogP contribution in [0.4, 0.5) is 0 Å². The van der Waals surface area contributed by atoms with E-state index in [0.717, 1.165) is 30.8 Å². The van der Waals surface area contributed by atoms with Gasteiger partial charge in [-0.1, -0.05) is 50.3 Å². The number of benzene rings is 1. The van der Waals surface area contributed by atoms with E-state index in [0.29, 0.717) is 0 Å². The van der Waals surface area contributed by atoms with Gasteiger partial charge in [0, 0.05) is 31.2 Å². The van der Waals surface area contributed by atoms with Gasteiger partial charge in [-0.2, -0.15) is 0 Å². The number of nitrogens with zero attached hydrogens (tertiary/aromatic N) is 2. The minimum Gasteiger partial charge on any atom is -0.486 e. The fourth-order valence-corrected chi connectivity index (χ4v) is 5.95. The van der Waals surface area contributed by atoms with Crippen LogP contribution in [-0.2, 0) is 6.54 Å². The molecule has 0 unspecified atom stereocenters. The molecule has 2 aliphatic carbocycles. The van der Waals surface area contributed by atoms with Crippen LogP contribution in [0.1, 0.15) is 76.2 Å². The second-order valence-corrected chi connectivity index (χ2v) is 9.95. The fourth-order valence-electron chi connectivity index (χ4n) is 5.95. The van der Waals surface area contributed by atoms with Crippen molar-refractivity contribution in [1.82, 2.24) is 9.80 Å². The SMILES string of the molecule is CN1Cc2ccccc2OC2(CCC(N(C)CC3CCCCCCC3)CC2)C1. The lowest BCUT2D eigenvalue weighted by Gasteiger charge is -2.43. The first kappa shape index (κ1) is 20.2. The summed E-state index contributed by atoms with van der Waals surface area (Å²) in [6, 6.07) is 9.38. The monoisotopic (exact) mass is 384 g/mol. The Hall–Kier alpha value is -1.06. The molecule has 0 atom stereocenters. The predicted molar refractivity (Wildman–Crippen MR) is 117 cm³/mol. The standard InChI is InChI=1S/C25H40N2O/c1-26-19-22-12-8-9-13-24(22)28-25(20-26)16-14-23(15-17-25)27(2)18-21-10-6-4-3-5-7-11-21/h8-9,12-13,21,23H,3-7,10-11,14-20H2,1-2H3. The molecule has 28 heavy (non-hydrogen) atoms. The number of fused-ring (bicyclic) bond motifs is 1. The van der Waals surface area contributed by atoms with Crippen LogP contribution in [0.5, 0.6) is 5.75 Å². The molecule has 4 rings (SSSR count). The van der Waals surface area contributed by atoms with Crippen LogP contribution in [0.15, 0.2) is 24.3 Å². The molecule has 0 bridgehead atoms. The van der Waals surface area contributed by atoms with E-state index in [2.05, 4.69) is 48.2 Å². The molecule has 1 heterocycles. The van der Waals surface area contributed by atoms with Gasteiger partial charge in [0.05, 0.1) is 0 Å². The van der Waals surface area contributed by atoms with Crippen LogP contribution in [0.3, 0.4) is 0 Å². The van der Waals surface area contributed by atoms with Crippen LogP contribution >= 0.6 is 0 Å². The third-order valence-corrected chi connectivity index (χ3v) is 7.56. The number of hydrogen-bond donors (Lipinski definition) is 0. The Bertz CT molecular complexity index is 615. The Labute approximate surface area is 172 Å². The minimum absolute atomic E-state index is 0.0128. The molecule has 1 spiro atoms. The first-order valence-corrected chi connectivity index (χ1v) is 11.8. The van der Waals surface area contributed by atoms with E-state index >= 15 is 0 Å². The minimum atomic E-state index is 0.0128. The number of hydrogen-bond acceptors (Lipinski definition) is 3. The van der Waals surface area contributed by atoms with Crippen molar-refractivity contribution in [3.63, 3.8) is 0 Å². The number of ether oxygens (including phenoxy) is 1. The van der Waals surface area contributed by atoms with E-state index in [9.17, 15) is 0 Å². The molecule has 3 heteroatoms. The first-order valence-electron chi connectivity index (χ1n) is 11.8. The van der Waals surface area contributed by atoms with E-state index in [-0.39, 0.29) is 5.60 Å². The summed E-state index contributed by atoms with van der Waals surface area (Å²) < 4.78 is 6.70. The molecule has 1 aromatic carbocycles. The third-order valence-electron chi connectivity index (χ3n) is 7.56. The van der Waals surface area contributed by atoms with Crippen molar-refractivity contribution in [1.29, 1.82) is 0 Å². The lowest BCUT2D eigenvalue weighted by atomic mass is 9.80. The Morgan fingerprint density at radius 3 is 2.43 bits per heavy atom. The van der Waals surface area contributed by atoms with Crippen molar-refractivity contribution in [2.45, 2.75) is 88.8 Å². The second-order valence-electron chi connectivity index (χ2n) is 9.95. The van der Waals surface area contributed by atoms with Gasteiger partial charge in [-0.15, -0.1) is 0 Å². The van der Waals surface area contributed by atoms with Gasteiger partial charge in [0.15, 0.2) is 0 Å². The Morgan fingerprint density at radius 2 is 1.68 bits per heavy atom. The molecule has 1 aliphatic heterocycles. The summed E-state index contributed by atoms with van der Waals surface area (Å²) in [5.41, 5.74) is 1.35. The van der Waals surface area contributed by atoms with Crippen LogP contribution < -0.4 is 4.74 Å². The van der Waals surface area contributed by atoms with Gasteiger partial charge >= 0.3 is 0 Å². The van der Waals surface area contributed by atoms with Gasteiger partial charge < -0.3 is 9.64 Å². The first-order chi connectivity index (χ1) is 13.6. The van der Waals surface area contributed by atoms with Gasteiger partial charge in [0.2, 0.25) is 0 Å². The second kappa shape index (κ2) is 9.17. The van der Waals surface area contributed by atoms with Gasteiger partial charge in [-0.25, -0.2) is 0 Å². The molecule has 3 nitrogen and oxygen atoms in total. The summed E-state index contributed by atoms with van der Waals surface area (Å²) in [4.78, 5) is 5.16. The Balaban J connectivity index is 1.34. The van der Waals surface area contributed by atoms with Crippen LogP contribution in [0.25, 0.3) is 0 Å². The summed E-state index contributed by atoms with van der Waals surface area (Å²) >= 11 is 0. The van der Waals surface area contributed by atoms with Crippen molar-refractivity contribution < 1.29 is 4.74 Å². The topological polar surface area (TPSA) is 15.7 Å². The summed E-state index contributed by atoms with van der Waals surface area (Å²) in [6.45, 7) is 3.37. The van der Waals surface area contributed by atoms with Crippen molar-refractivity contribution in [2.24, 2.45) is 5.92 Å². The summed E-state index contributed by atoms with van der Waals surface area (Å²) in [7, 11) is 4.64. The molecule has 1 aromatic rings. The molecule has 3 aliphatic rings. The van der Waals surface area contributed by atoms with Gasteiger partial charge in [0.1, 0.15) is 11.4 Å². The molecule has 2 fully saturated rings. The molecule has 156 valence electrons. The third kappa shape index (κ3) is 4.91. The average Bonchev–Trinajstić information content (AvgIpc) is 2.79. The highest BCUT2D eigenvalue weighted by molar-refractivity contribution is 5.35. The summed E-state index contributed by atoms with van der Waals surface area (Å²) in [5, 5.41) is 0. The average molecular weight is 385 g/mol. The highest BCUT2D eigenvalue weighted by Crippen LogP contribution is 2.39. The maximum Gasteiger partial charge on any atom is 0.124 e. The smallest absolute Gasteiger partial charge is 0.124 e. The molecule has 0 radical (unpaired) electrons. The number of likely N-dealkylation sites (N-methyl/N-ethyl adjacent to an activating group) is 1.